The number of halogens is 3. The summed E-state index contributed by atoms with van der Waals surface area (Å²) in [7, 11) is 0. The number of esters is 1. The Hall–Kier alpha value is -1.60. The van der Waals surface area contributed by atoms with Gasteiger partial charge in [-0.2, -0.15) is 0 Å². The minimum Gasteiger partial charge on any atom is -0.459 e. The summed E-state index contributed by atoms with van der Waals surface area (Å²) < 4.78 is 45.4. The second kappa shape index (κ2) is 5.47. The summed E-state index contributed by atoms with van der Waals surface area (Å²) in [6.07, 6.45) is -6.25. The summed E-state index contributed by atoms with van der Waals surface area (Å²) in [4.78, 5) is 11.0. The van der Waals surface area contributed by atoms with E-state index in [4.69, 9.17) is 0 Å². The number of carbonyl (C=O) groups is 1. The molecule has 5 nitrogen and oxygen atoms in total. The molecule has 1 heterocycles. The van der Waals surface area contributed by atoms with Gasteiger partial charge in [0.05, 0.1) is 13.0 Å². The van der Waals surface area contributed by atoms with E-state index in [0.29, 0.717) is 0 Å². The van der Waals surface area contributed by atoms with Gasteiger partial charge in [0.2, 0.25) is 5.89 Å². The van der Waals surface area contributed by atoms with Crippen LogP contribution in [0.2, 0.25) is 0 Å². The topological polar surface area (TPSA) is 65.2 Å². The quantitative estimate of drug-likeness (QED) is 0.725. The predicted octanol–water partition coefficient (Wildman–Crippen LogP) is 1.39. The summed E-state index contributed by atoms with van der Waals surface area (Å²) in [6, 6.07) is 0. The minimum absolute atomic E-state index is 0.110. The van der Waals surface area contributed by atoms with E-state index in [2.05, 4.69) is 19.4 Å². The van der Waals surface area contributed by atoms with Crippen molar-refractivity contribution in [3.05, 3.63) is 11.8 Å². The van der Waals surface area contributed by atoms with Gasteiger partial charge in [0.25, 0.3) is 6.43 Å². The van der Waals surface area contributed by atoms with E-state index >= 15 is 0 Å². The number of rotatable bonds is 5. The fourth-order valence-corrected chi connectivity index (χ4v) is 0.867. The molecule has 0 N–H and O–H groups in total. The number of aromatic nitrogens is 2. The lowest BCUT2D eigenvalue weighted by atomic mass is 10.3. The highest BCUT2D eigenvalue weighted by Gasteiger charge is 2.24. The SMILES string of the molecule is CCOC(=O)c1nnc(CC(F)C(F)F)o1. The van der Waals surface area contributed by atoms with Gasteiger partial charge in [0.15, 0.2) is 6.17 Å². The molecule has 0 aliphatic rings. The number of nitrogens with zero attached hydrogens (tertiary/aromatic N) is 2. The van der Waals surface area contributed by atoms with Crippen LogP contribution in [0.25, 0.3) is 0 Å². The Morgan fingerprint density at radius 2 is 2.12 bits per heavy atom. The first-order chi connectivity index (χ1) is 7.54. The zero-order valence-electron chi connectivity index (χ0n) is 8.32. The summed E-state index contributed by atoms with van der Waals surface area (Å²) in [5.74, 6) is -1.71. The van der Waals surface area contributed by atoms with Crippen molar-refractivity contribution in [1.29, 1.82) is 0 Å². The molecular weight excluding hydrogens is 229 g/mol. The molecule has 1 aromatic heterocycles. The van der Waals surface area contributed by atoms with Gasteiger partial charge in [-0.25, -0.2) is 18.0 Å². The Balaban J connectivity index is 2.61. The molecule has 0 saturated heterocycles. The van der Waals surface area contributed by atoms with E-state index in [1.165, 1.54) is 0 Å². The van der Waals surface area contributed by atoms with E-state index in [-0.39, 0.29) is 12.5 Å². The third-order valence-electron chi connectivity index (χ3n) is 1.56. The highest BCUT2D eigenvalue weighted by atomic mass is 19.3. The molecule has 90 valence electrons. The molecule has 0 fully saturated rings. The van der Waals surface area contributed by atoms with E-state index in [1.54, 1.807) is 6.92 Å². The Labute approximate surface area is 88.6 Å². The number of hydrogen-bond acceptors (Lipinski definition) is 5. The van der Waals surface area contributed by atoms with Gasteiger partial charge in [0, 0.05) is 0 Å². The molecule has 1 unspecified atom stereocenters. The Morgan fingerprint density at radius 3 is 2.69 bits per heavy atom. The summed E-state index contributed by atoms with van der Waals surface area (Å²) in [5, 5.41) is 6.50. The molecule has 1 atom stereocenters. The van der Waals surface area contributed by atoms with Crippen LogP contribution in [0.15, 0.2) is 4.42 Å². The van der Waals surface area contributed by atoms with Gasteiger partial charge in [-0.1, -0.05) is 0 Å². The van der Waals surface area contributed by atoms with Crippen LogP contribution >= 0.6 is 0 Å². The molecule has 0 amide bonds. The van der Waals surface area contributed by atoms with Gasteiger partial charge >= 0.3 is 11.9 Å². The molecule has 0 aliphatic heterocycles. The first-order valence-corrected chi connectivity index (χ1v) is 4.46. The molecule has 0 saturated carbocycles. The maximum atomic E-state index is 12.6. The Kier molecular flexibility index (Phi) is 4.27. The van der Waals surface area contributed by atoms with Crippen LogP contribution in [0.1, 0.15) is 23.5 Å². The van der Waals surface area contributed by atoms with Gasteiger partial charge in [-0.15, -0.1) is 10.2 Å². The lowest BCUT2D eigenvalue weighted by Gasteiger charge is -2.01. The largest absolute Gasteiger partial charge is 0.459 e. The fraction of sp³-hybridized carbons (Fsp3) is 0.625. The zero-order valence-corrected chi connectivity index (χ0v) is 8.32. The van der Waals surface area contributed by atoms with Gasteiger partial charge in [-0.05, 0) is 6.92 Å². The number of carbonyl (C=O) groups excluding carboxylic acids is 1. The minimum atomic E-state index is -3.13. The van der Waals surface area contributed by atoms with Crippen LogP contribution in [0.5, 0.6) is 0 Å². The second-order valence-electron chi connectivity index (χ2n) is 2.78. The number of hydrogen-bond donors (Lipinski definition) is 0. The molecule has 8 heteroatoms. The van der Waals surface area contributed by atoms with Gasteiger partial charge in [-0.3, -0.25) is 0 Å². The molecule has 0 aliphatic carbocycles. The molecule has 0 bridgehead atoms. The Morgan fingerprint density at radius 1 is 1.44 bits per heavy atom. The van der Waals surface area contributed by atoms with Crippen LogP contribution in [0.3, 0.4) is 0 Å². The molecule has 0 spiro atoms. The van der Waals surface area contributed by atoms with Crippen LogP contribution in [0.4, 0.5) is 13.2 Å². The van der Waals surface area contributed by atoms with Crippen molar-refractivity contribution in [3.8, 4) is 0 Å². The maximum Gasteiger partial charge on any atom is 0.396 e. The zero-order chi connectivity index (χ0) is 12.1. The summed E-state index contributed by atoms with van der Waals surface area (Å²) in [6.45, 7) is 1.68. The Bertz CT molecular complexity index is 356. The smallest absolute Gasteiger partial charge is 0.396 e. The average molecular weight is 238 g/mol. The number of alkyl halides is 3. The van der Waals surface area contributed by atoms with Crippen molar-refractivity contribution in [2.45, 2.75) is 25.9 Å². The van der Waals surface area contributed by atoms with Gasteiger partial charge < -0.3 is 9.15 Å². The molecule has 0 aromatic carbocycles. The van der Waals surface area contributed by atoms with Crippen LogP contribution in [-0.4, -0.2) is 35.4 Å². The van der Waals surface area contributed by atoms with Crippen molar-refractivity contribution in [2.24, 2.45) is 0 Å². The first kappa shape index (κ1) is 12.5. The normalized spacial score (nSPS) is 12.8. The van der Waals surface area contributed by atoms with E-state index in [0.717, 1.165) is 0 Å². The second-order valence-corrected chi connectivity index (χ2v) is 2.78. The van der Waals surface area contributed by atoms with E-state index < -0.39 is 30.9 Å². The molecule has 16 heavy (non-hydrogen) atoms. The van der Waals surface area contributed by atoms with Crippen molar-refractivity contribution < 1.29 is 27.1 Å². The predicted molar refractivity (Wildman–Crippen MR) is 44.9 cm³/mol. The molecule has 1 aromatic rings. The fourth-order valence-electron chi connectivity index (χ4n) is 0.867. The molecule has 1 rings (SSSR count). The highest BCUT2D eigenvalue weighted by molar-refractivity contribution is 5.83. The van der Waals surface area contributed by atoms with Crippen LogP contribution < -0.4 is 0 Å². The monoisotopic (exact) mass is 238 g/mol. The van der Waals surface area contributed by atoms with Crippen molar-refractivity contribution >= 4 is 5.97 Å². The van der Waals surface area contributed by atoms with E-state index in [9.17, 15) is 18.0 Å². The van der Waals surface area contributed by atoms with Crippen molar-refractivity contribution in [2.75, 3.05) is 6.61 Å². The highest BCUT2D eigenvalue weighted by Crippen LogP contribution is 2.12. The first-order valence-electron chi connectivity index (χ1n) is 4.46. The van der Waals surface area contributed by atoms with Crippen LogP contribution in [0, 0.1) is 0 Å². The molecule has 0 radical (unpaired) electrons. The lowest BCUT2D eigenvalue weighted by Crippen LogP contribution is -2.15. The summed E-state index contributed by atoms with van der Waals surface area (Å²) >= 11 is 0. The van der Waals surface area contributed by atoms with Crippen LogP contribution in [-0.2, 0) is 11.2 Å². The van der Waals surface area contributed by atoms with E-state index in [1.807, 2.05) is 0 Å². The average Bonchev–Trinajstić information content (AvgIpc) is 2.66. The third kappa shape index (κ3) is 3.21. The van der Waals surface area contributed by atoms with Gasteiger partial charge in [0.1, 0.15) is 0 Å². The lowest BCUT2D eigenvalue weighted by molar-refractivity contribution is 0.0439. The molecular formula is C8H9F3N2O3. The summed E-state index contributed by atoms with van der Waals surface area (Å²) in [5.41, 5.74) is 0. The number of ether oxygens (including phenoxy) is 1. The maximum absolute atomic E-state index is 12.6. The third-order valence-corrected chi connectivity index (χ3v) is 1.56. The standard InChI is InChI=1S/C8H9F3N2O3/c1-2-15-8(14)7-13-12-5(16-7)3-4(9)6(10)11/h4,6H,2-3H2,1H3. The van der Waals surface area contributed by atoms with Crippen molar-refractivity contribution in [1.82, 2.24) is 10.2 Å². The van der Waals surface area contributed by atoms with Crippen molar-refractivity contribution in [3.63, 3.8) is 0 Å².